The van der Waals surface area contributed by atoms with Crippen LogP contribution in [-0.2, 0) is 13.0 Å². The molecule has 2 aromatic rings. The van der Waals surface area contributed by atoms with Crippen LogP contribution in [0.5, 0.6) is 0 Å². The summed E-state index contributed by atoms with van der Waals surface area (Å²) < 4.78 is 5.62. The van der Waals surface area contributed by atoms with Crippen molar-refractivity contribution in [1.29, 1.82) is 0 Å². The van der Waals surface area contributed by atoms with Crippen LogP contribution in [0.25, 0.3) is 0 Å². The molecule has 0 spiro atoms. The third-order valence-electron chi connectivity index (χ3n) is 2.10. The highest BCUT2D eigenvalue weighted by Crippen LogP contribution is 2.06. The van der Waals surface area contributed by atoms with Crippen LogP contribution in [0.15, 0.2) is 35.4 Å². The average molecular weight is 221 g/mol. The molecule has 0 fully saturated rings. The molecule has 0 amide bonds. The van der Waals surface area contributed by atoms with Gasteiger partial charge in [0.25, 0.3) is 5.56 Å². The molecule has 78 valence electrons. The Labute approximate surface area is 91.2 Å². The Morgan fingerprint density at radius 2 is 2.27 bits per heavy atom. The number of rotatable bonds is 3. The Hall–Kier alpha value is -1.62. The fraction of sp³-hybridized carbons (Fsp3) is 0.200. The summed E-state index contributed by atoms with van der Waals surface area (Å²) >= 11 is 1.46. The van der Waals surface area contributed by atoms with Crippen LogP contribution in [0.2, 0.25) is 0 Å². The summed E-state index contributed by atoms with van der Waals surface area (Å²) in [6, 6.07) is 5.07. The standard InChI is InChI=1S/C10H11N3OS/c11-8-1-2-10(14)13(7-8)6-4-9-3-5-12-15-9/h1-3,5,7H,4,6,11H2. The van der Waals surface area contributed by atoms with Crippen molar-refractivity contribution < 1.29 is 0 Å². The number of hydrogen-bond acceptors (Lipinski definition) is 4. The SMILES string of the molecule is Nc1ccc(=O)n(CCc2ccns2)c1. The van der Waals surface area contributed by atoms with Crippen LogP contribution in [0.4, 0.5) is 5.69 Å². The summed E-state index contributed by atoms with van der Waals surface area (Å²) in [6.45, 7) is 0.645. The Morgan fingerprint density at radius 1 is 1.40 bits per heavy atom. The van der Waals surface area contributed by atoms with Gasteiger partial charge in [0.15, 0.2) is 0 Å². The van der Waals surface area contributed by atoms with Gasteiger partial charge < -0.3 is 10.3 Å². The molecule has 0 aliphatic rings. The van der Waals surface area contributed by atoms with Crippen LogP contribution in [0, 0.1) is 0 Å². The number of aromatic nitrogens is 2. The van der Waals surface area contributed by atoms with Crippen LogP contribution >= 0.6 is 11.5 Å². The Bertz CT molecular complexity index is 490. The minimum absolute atomic E-state index is 0.0197. The summed E-state index contributed by atoms with van der Waals surface area (Å²) in [5.74, 6) is 0. The molecule has 0 saturated carbocycles. The lowest BCUT2D eigenvalue weighted by Gasteiger charge is -2.04. The topological polar surface area (TPSA) is 60.9 Å². The number of anilines is 1. The van der Waals surface area contributed by atoms with Crippen LogP contribution in [0.3, 0.4) is 0 Å². The summed E-state index contributed by atoms with van der Waals surface area (Å²) in [5.41, 5.74) is 6.20. The minimum Gasteiger partial charge on any atom is -0.398 e. The van der Waals surface area contributed by atoms with Crippen LogP contribution in [0.1, 0.15) is 4.88 Å². The molecule has 15 heavy (non-hydrogen) atoms. The monoisotopic (exact) mass is 221 g/mol. The van der Waals surface area contributed by atoms with Gasteiger partial charge in [0.1, 0.15) is 0 Å². The van der Waals surface area contributed by atoms with Crippen molar-refractivity contribution in [2.24, 2.45) is 0 Å². The van der Waals surface area contributed by atoms with E-state index in [4.69, 9.17) is 5.73 Å². The predicted molar refractivity (Wildman–Crippen MR) is 60.9 cm³/mol. The third-order valence-corrected chi connectivity index (χ3v) is 2.90. The van der Waals surface area contributed by atoms with Gasteiger partial charge in [-0.15, -0.1) is 0 Å². The lowest BCUT2D eigenvalue weighted by molar-refractivity contribution is 0.676. The average Bonchev–Trinajstić information content (AvgIpc) is 2.72. The lowest BCUT2D eigenvalue weighted by Crippen LogP contribution is -2.19. The van der Waals surface area contributed by atoms with Gasteiger partial charge in [-0.3, -0.25) is 4.79 Å². The van der Waals surface area contributed by atoms with E-state index < -0.39 is 0 Å². The maximum absolute atomic E-state index is 11.4. The molecule has 4 nitrogen and oxygen atoms in total. The van der Waals surface area contributed by atoms with E-state index in [0.29, 0.717) is 12.2 Å². The molecule has 0 atom stereocenters. The number of nitrogens with zero attached hydrogens (tertiary/aromatic N) is 2. The Kier molecular flexibility index (Phi) is 2.82. The van der Waals surface area contributed by atoms with Gasteiger partial charge in [-0.1, -0.05) is 0 Å². The van der Waals surface area contributed by atoms with E-state index in [1.165, 1.54) is 22.5 Å². The molecule has 5 heteroatoms. The Morgan fingerprint density at radius 3 is 3.00 bits per heavy atom. The minimum atomic E-state index is -0.0197. The largest absolute Gasteiger partial charge is 0.398 e. The highest BCUT2D eigenvalue weighted by molar-refractivity contribution is 7.05. The molecule has 2 aromatic heterocycles. The molecule has 0 radical (unpaired) electrons. The smallest absolute Gasteiger partial charge is 0.250 e. The highest BCUT2D eigenvalue weighted by atomic mass is 32.1. The molecule has 0 aliphatic heterocycles. The first-order chi connectivity index (χ1) is 7.25. The summed E-state index contributed by atoms with van der Waals surface area (Å²) in [7, 11) is 0. The van der Waals surface area contributed by atoms with Gasteiger partial charge in [-0.05, 0) is 23.7 Å². The van der Waals surface area contributed by atoms with Gasteiger partial charge in [0.2, 0.25) is 0 Å². The van der Waals surface area contributed by atoms with Crippen molar-refractivity contribution in [2.45, 2.75) is 13.0 Å². The molecule has 0 aromatic carbocycles. The zero-order valence-electron chi connectivity index (χ0n) is 8.09. The number of aryl methyl sites for hydroxylation is 2. The molecule has 2 heterocycles. The maximum Gasteiger partial charge on any atom is 0.250 e. The van der Waals surface area contributed by atoms with Crippen molar-refractivity contribution >= 4 is 17.2 Å². The first-order valence-corrected chi connectivity index (χ1v) is 5.38. The van der Waals surface area contributed by atoms with Crippen molar-refractivity contribution in [3.05, 3.63) is 45.8 Å². The van der Waals surface area contributed by atoms with E-state index in [9.17, 15) is 4.79 Å². The molecular weight excluding hydrogens is 210 g/mol. The number of pyridine rings is 1. The van der Waals surface area contributed by atoms with Gasteiger partial charge in [0, 0.05) is 42.0 Å². The number of hydrogen-bond donors (Lipinski definition) is 1. The van der Waals surface area contributed by atoms with Crippen LogP contribution in [-0.4, -0.2) is 8.94 Å². The van der Waals surface area contributed by atoms with E-state index >= 15 is 0 Å². The van der Waals surface area contributed by atoms with E-state index in [1.807, 2.05) is 6.07 Å². The molecule has 0 aliphatic carbocycles. The fourth-order valence-electron chi connectivity index (χ4n) is 1.33. The second-order valence-electron chi connectivity index (χ2n) is 3.22. The first kappa shape index (κ1) is 9.92. The second-order valence-corrected chi connectivity index (χ2v) is 4.14. The molecular formula is C10H11N3OS. The Balaban J connectivity index is 2.11. The van der Waals surface area contributed by atoms with E-state index in [-0.39, 0.29) is 5.56 Å². The number of nitrogen functional groups attached to an aromatic ring is 1. The second kappa shape index (κ2) is 4.27. The van der Waals surface area contributed by atoms with Crippen molar-refractivity contribution in [1.82, 2.24) is 8.94 Å². The van der Waals surface area contributed by atoms with Gasteiger partial charge in [-0.25, -0.2) is 4.37 Å². The zero-order chi connectivity index (χ0) is 10.7. The molecule has 0 saturated heterocycles. The van der Waals surface area contributed by atoms with Gasteiger partial charge in [0.05, 0.1) is 0 Å². The normalized spacial score (nSPS) is 10.4. The van der Waals surface area contributed by atoms with Crippen molar-refractivity contribution in [2.75, 3.05) is 5.73 Å². The highest BCUT2D eigenvalue weighted by Gasteiger charge is 1.99. The maximum atomic E-state index is 11.4. The van der Waals surface area contributed by atoms with E-state index in [2.05, 4.69) is 4.37 Å². The van der Waals surface area contributed by atoms with Crippen LogP contribution < -0.4 is 11.3 Å². The molecule has 0 bridgehead atoms. The molecule has 0 unspecified atom stereocenters. The quantitative estimate of drug-likeness (QED) is 0.845. The summed E-state index contributed by atoms with van der Waals surface area (Å²) in [5, 5.41) is 0. The van der Waals surface area contributed by atoms with Gasteiger partial charge >= 0.3 is 0 Å². The molecule has 2 rings (SSSR count). The summed E-state index contributed by atoms with van der Waals surface area (Å²) in [6.07, 6.45) is 4.25. The molecule has 2 N–H and O–H groups in total. The van der Waals surface area contributed by atoms with E-state index in [0.717, 1.165) is 6.42 Å². The zero-order valence-corrected chi connectivity index (χ0v) is 8.91. The fourth-order valence-corrected chi connectivity index (χ4v) is 1.89. The first-order valence-electron chi connectivity index (χ1n) is 4.61. The van der Waals surface area contributed by atoms with Gasteiger partial charge in [-0.2, -0.15) is 0 Å². The van der Waals surface area contributed by atoms with Crippen molar-refractivity contribution in [3.8, 4) is 0 Å². The number of nitrogens with two attached hydrogens (primary N) is 1. The predicted octanol–water partition coefficient (Wildman–Crippen LogP) is 1.13. The lowest BCUT2D eigenvalue weighted by atomic mass is 10.3. The van der Waals surface area contributed by atoms with Crippen molar-refractivity contribution in [3.63, 3.8) is 0 Å². The third kappa shape index (κ3) is 2.44. The van der Waals surface area contributed by atoms with E-state index in [1.54, 1.807) is 23.0 Å². The summed E-state index contributed by atoms with van der Waals surface area (Å²) in [4.78, 5) is 12.6.